The lowest BCUT2D eigenvalue weighted by Crippen LogP contribution is -2.27. The molecular weight excluding hydrogens is 319 g/mol. The summed E-state index contributed by atoms with van der Waals surface area (Å²) in [5, 5.41) is 0. The van der Waals surface area contributed by atoms with Crippen LogP contribution in [0.5, 0.6) is 0 Å². The molecule has 0 spiro atoms. The molecule has 0 N–H and O–H groups in total. The number of carbonyl (C=O) groups is 1. The van der Waals surface area contributed by atoms with Crippen LogP contribution in [-0.2, 0) is 14.8 Å². The van der Waals surface area contributed by atoms with Crippen LogP contribution >= 0.6 is 11.3 Å². The van der Waals surface area contributed by atoms with E-state index in [0.717, 1.165) is 28.8 Å². The summed E-state index contributed by atoms with van der Waals surface area (Å²) in [6.07, 6.45) is 0. The van der Waals surface area contributed by atoms with Crippen molar-refractivity contribution in [2.24, 2.45) is 0 Å². The molecule has 0 aliphatic carbocycles. The quantitative estimate of drug-likeness (QED) is 0.800. The molecule has 0 unspecified atom stereocenters. The van der Waals surface area contributed by atoms with Crippen molar-refractivity contribution in [3.63, 3.8) is 0 Å². The molecule has 0 saturated heterocycles. The first-order valence-corrected chi connectivity index (χ1v) is 7.96. The van der Waals surface area contributed by atoms with Gasteiger partial charge in [0.1, 0.15) is 5.82 Å². The summed E-state index contributed by atoms with van der Waals surface area (Å²) >= 11 is 0.792. The van der Waals surface area contributed by atoms with Crippen LogP contribution in [0, 0.1) is 5.82 Å². The molecule has 0 atom stereocenters. The molecule has 0 saturated carbocycles. The molecule has 1 aromatic carbocycles. The van der Waals surface area contributed by atoms with Crippen LogP contribution in [-0.4, -0.2) is 33.5 Å². The Hall–Kier alpha value is -2.00. The highest BCUT2D eigenvalue weighted by atomic mass is 32.2. The molecule has 0 fully saturated rings. The molecule has 0 aliphatic heterocycles. The van der Waals surface area contributed by atoms with Gasteiger partial charge in [-0.2, -0.15) is 0 Å². The van der Waals surface area contributed by atoms with Crippen molar-refractivity contribution in [1.29, 1.82) is 0 Å². The normalized spacial score (nSPS) is 11.2. The molecule has 0 radical (unpaired) electrons. The lowest BCUT2D eigenvalue weighted by atomic mass is 10.3. The van der Waals surface area contributed by atoms with Crippen molar-refractivity contribution >= 4 is 33.0 Å². The monoisotopic (exact) mass is 330 g/mol. The van der Waals surface area contributed by atoms with Crippen LogP contribution < -0.4 is 4.31 Å². The van der Waals surface area contributed by atoms with Crippen LogP contribution in [0.15, 0.2) is 34.0 Å². The minimum atomic E-state index is -4.03. The zero-order valence-electron chi connectivity index (χ0n) is 11.1. The van der Waals surface area contributed by atoms with Crippen molar-refractivity contribution in [3.05, 3.63) is 41.3 Å². The second kappa shape index (κ2) is 5.78. The fourth-order valence-corrected chi connectivity index (χ4v) is 4.06. The van der Waals surface area contributed by atoms with Crippen LogP contribution in [0.25, 0.3) is 0 Å². The first-order valence-electron chi connectivity index (χ1n) is 5.64. The average Bonchev–Trinajstić information content (AvgIpc) is 2.95. The topological polar surface area (TPSA) is 76.6 Å². The minimum absolute atomic E-state index is 0.138. The molecule has 9 heteroatoms. The molecule has 6 nitrogen and oxygen atoms in total. The summed E-state index contributed by atoms with van der Waals surface area (Å²) in [5.41, 5.74) is 1.09. The van der Waals surface area contributed by atoms with Crippen LogP contribution in [0.3, 0.4) is 0 Å². The smallest absolute Gasteiger partial charge is 0.358 e. The Balaban J connectivity index is 2.48. The van der Waals surface area contributed by atoms with Gasteiger partial charge >= 0.3 is 5.97 Å². The van der Waals surface area contributed by atoms with Crippen LogP contribution in [0.4, 0.5) is 10.1 Å². The number of halogens is 1. The fraction of sp³-hybridized carbons (Fsp3) is 0.167. The lowest BCUT2D eigenvalue weighted by Gasteiger charge is -2.18. The molecule has 1 aromatic heterocycles. The van der Waals surface area contributed by atoms with Crippen molar-refractivity contribution in [2.75, 3.05) is 18.5 Å². The summed E-state index contributed by atoms with van der Waals surface area (Å²) in [5.74, 6) is -1.41. The third-order valence-electron chi connectivity index (χ3n) is 2.68. The summed E-state index contributed by atoms with van der Waals surface area (Å²) in [4.78, 5) is 15.2. The number of hydrogen-bond donors (Lipinski definition) is 0. The second-order valence-electron chi connectivity index (χ2n) is 3.93. The first kappa shape index (κ1) is 15.4. The molecule has 2 aromatic rings. The maximum Gasteiger partial charge on any atom is 0.358 e. The van der Waals surface area contributed by atoms with Gasteiger partial charge in [0, 0.05) is 7.05 Å². The van der Waals surface area contributed by atoms with E-state index >= 15 is 0 Å². The number of ether oxygens (including phenoxy) is 1. The number of aromatic nitrogens is 1. The Bertz CT molecular complexity index is 773. The number of benzene rings is 1. The zero-order valence-corrected chi connectivity index (χ0v) is 12.7. The Morgan fingerprint density at radius 2 is 2.14 bits per heavy atom. The number of rotatable bonds is 4. The van der Waals surface area contributed by atoms with Gasteiger partial charge in [-0.25, -0.2) is 22.6 Å². The highest BCUT2D eigenvalue weighted by Gasteiger charge is 2.30. The van der Waals surface area contributed by atoms with Crippen LogP contribution in [0.2, 0.25) is 0 Å². The van der Waals surface area contributed by atoms with E-state index in [1.54, 1.807) is 0 Å². The summed E-state index contributed by atoms with van der Waals surface area (Å²) in [6, 6.07) is 5.12. The van der Waals surface area contributed by atoms with Gasteiger partial charge in [-0.3, -0.25) is 4.31 Å². The molecule has 0 aliphatic rings. The molecule has 0 bridgehead atoms. The Morgan fingerprint density at radius 1 is 1.43 bits per heavy atom. The third-order valence-corrected chi connectivity index (χ3v) is 5.81. The fourth-order valence-electron chi connectivity index (χ4n) is 1.59. The number of carbonyl (C=O) groups excluding carboxylic acids is 1. The van der Waals surface area contributed by atoms with Gasteiger partial charge in [0.15, 0.2) is 9.90 Å². The van der Waals surface area contributed by atoms with E-state index in [2.05, 4.69) is 9.72 Å². The third kappa shape index (κ3) is 2.88. The number of thiazole rings is 1. The van der Waals surface area contributed by atoms with E-state index in [1.807, 2.05) is 0 Å². The standard InChI is InChI=1S/C12H11FN2O4S2/c1-15(9-5-3-4-8(13)6-9)21(17,18)12-10(11(16)19-2)14-7-20-12/h3-7H,1-2H3. The number of sulfonamides is 1. The van der Waals surface area contributed by atoms with Gasteiger partial charge in [0.25, 0.3) is 10.0 Å². The van der Waals surface area contributed by atoms with E-state index in [-0.39, 0.29) is 15.6 Å². The van der Waals surface area contributed by atoms with Gasteiger partial charge in [-0.15, -0.1) is 11.3 Å². The molecule has 0 amide bonds. The van der Waals surface area contributed by atoms with E-state index in [0.29, 0.717) is 0 Å². The molecule has 112 valence electrons. The lowest BCUT2D eigenvalue weighted by molar-refractivity contribution is 0.0590. The second-order valence-corrected chi connectivity index (χ2v) is 6.95. The summed E-state index contributed by atoms with van der Waals surface area (Å²) < 4.78 is 43.4. The summed E-state index contributed by atoms with van der Waals surface area (Å²) in [6.45, 7) is 0. The summed E-state index contributed by atoms with van der Waals surface area (Å²) in [7, 11) is -1.63. The van der Waals surface area contributed by atoms with Crippen LogP contribution in [0.1, 0.15) is 10.5 Å². The largest absolute Gasteiger partial charge is 0.464 e. The maximum absolute atomic E-state index is 13.2. The van der Waals surface area contributed by atoms with E-state index in [9.17, 15) is 17.6 Å². The highest BCUT2D eigenvalue weighted by molar-refractivity contribution is 7.94. The predicted octanol–water partition coefficient (Wildman–Crippen LogP) is 1.89. The van der Waals surface area contributed by atoms with E-state index < -0.39 is 21.8 Å². The molecule has 2 rings (SSSR count). The number of anilines is 1. The molecule has 1 heterocycles. The van der Waals surface area contributed by atoms with Crippen molar-refractivity contribution in [1.82, 2.24) is 4.98 Å². The Kier molecular flexibility index (Phi) is 4.24. The van der Waals surface area contributed by atoms with Gasteiger partial charge < -0.3 is 4.74 Å². The van der Waals surface area contributed by atoms with Gasteiger partial charge in [0.05, 0.1) is 18.3 Å². The Morgan fingerprint density at radius 3 is 2.76 bits per heavy atom. The molecule has 21 heavy (non-hydrogen) atoms. The number of esters is 1. The number of nitrogens with zero attached hydrogens (tertiary/aromatic N) is 2. The van der Waals surface area contributed by atoms with Gasteiger partial charge in [-0.1, -0.05) is 6.07 Å². The van der Waals surface area contributed by atoms with E-state index in [4.69, 9.17) is 0 Å². The minimum Gasteiger partial charge on any atom is -0.464 e. The highest BCUT2D eigenvalue weighted by Crippen LogP contribution is 2.27. The van der Waals surface area contributed by atoms with Gasteiger partial charge in [-0.05, 0) is 18.2 Å². The first-order chi connectivity index (χ1) is 9.87. The Labute approximate surface area is 124 Å². The van der Waals surface area contributed by atoms with Crippen molar-refractivity contribution < 1.29 is 22.3 Å². The average molecular weight is 330 g/mol. The van der Waals surface area contributed by atoms with E-state index in [1.165, 1.54) is 30.8 Å². The maximum atomic E-state index is 13.2. The van der Waals surface area contributed by atoms with Crippen molar-refractivity contribution in [2.45, 2.75) is 4.21 Å². The van der Waals surface area contributed by atoms with Gasteiger partial charge in [0.2, 0.25) is 0 Å². The number of methoxy groups -OCH3 is 1. The zero-order chi connectivity index (χ0) is 15.6. The predicted molar refractivity (Wildman–Crippen MR) is 75.4 cm³/mol. The molecular formula is C12H11FN2O4S2. The number of hydrogen-bond acceptors (Lipinski definition) is 6. The van der Waals surface area contributed by atoms with Crippen molar-refractivity contribution in [3.8, 4) is 0 Å². The SMILES string of the molecule is COC(=O)c1ncsc1S(=O)(=O)N(C)c1cccc(F)c1.